The van der Waals surface area contributed by atoms with Crippen LogP contribution in [0.3, 0.4) is 0 Å². The van der Waals surface area contributed by atoms with Crippen LogP contribution in [0.1, 0.15) is 12.1 Å². The van der Waals surface area contributed by atoms with E-state index in [1.807, 2.05) is 25.4 Å². The average molecular weight is 245 g/mol. The highest BCUT2D eigenvalue weighted by molar-refractivity contribution is 5.65. The molecule has 0 fully saturated rings. The zero-order chi connectivity index (χ0) is 12.8. The van der Waals surface area contributed by atoms with E-state index in [-0.39, 0.29) is 0 Å². The lowest BCUT2D eigenvalue weighted by molar-refractivity contribution is 0.415. The maximum Gasteiger partial charge on any atom is 0.118 e. The molecule has 0 spiro atoms. The van der Waals surface area contributed by atoms with Crippen LogP contribution < -0.4 is 10.1 Å². The molecule has 1 aromatic heterocycles. The van der Waals surface area contributed by atoms with Crippen molar-refractivity contribution in [2.75, 3.05) is 20.7 Å². The van der Waals surface area contributed by atoms with E-state index in [2.05, 4.69) is 27.6 Å². The van der Waals surface area contributed by atoms with Gasteiger partial charge in [-0.3, -0.25) is 5.10 Å². The highest BCUT2D eigenvalue weighted by Crippen LogP contribution is 2.24. The number of nitrogens with zero attached hydrogens (tertiary/aromatic N) is 1. The van der Waals surface area contributed by atoms with Crippen LogP contribution in [0.5, 0.6) is 5.75 Å². The molecule has 2 rings (SSSR count). The normalized spacial score (nSPS) is 10.6. The van der Waals surface area contributed by atoms with E-state index in [0.717, 1.165) is 25.1 Å². The number of rotatable bonds is 6. The van der Waals surface area contributed by atoms with E-state index in [1.165, 1.54) is 16.8 Å². The molecule has 0 aliphatic heterocycles. The number of hydrogen-bond acceptors (Lipinski definition) is 3. The van der Waals surface area contributed by atoms with Gasteiger partial charge in [0.1, 0.15) is 5.75 Å². The Morgan fingerprint density at radius 1 is 1.28 bits per heavy atom. The predicted molar refractivity (Wildman–Crippen MR) is 72.8 cm³/mol. The molecule has 1 aromatic carbocycles. The molecule has 0 atom stereocenters. The first-order valence-corrected chi connectivity index (χ1v) is 6.16. The van der Waals surface area contributed by atoms with Crippen molar-refractivity contribution in [3.63, 3.8) is 0 Å². The fraction of sp³-hybridized carbons (Fsp3) is 0.357. The molecular formula is C14H19N3O. The van der Waals surface area contributed by atoms with Crippen LogP contribution in [0, 0.1) is 0 Å². The smallest absolute Gasteiger partial charge is 0.118 e. The van der Waals surface area contributed by atoms with Gasteiger partial charge in [0, 0.05) is 11.3 Å². The Morgan fingerprint density at radius 3 is 2.72 bits per heavy atom. The van der Waals surface area contributed by atoms with Crippen molar-refractivity contribution in [2.24, 2.45) is 0 Å². The number of hydrogen-bond donors (Lipinski definition) is 2. The van der Waals surface area contributed by atoms with Crippen LogP contribution in [0.4, 0.5) is 0 Å². The quantitative estimate of drug-likeness (QED) is 0.767. The monoisotopic (exact) mass is 245 g/mol. The van der Waals surface area contributed by atoms with E-state index < -0.39 is 0 Å². The second-order valence-corrected chi connectivity index (χ2v) is 4.20. The van der Waals surface area contributed by atoms with Crippen molar-refractivity contribution >= 4 is 0 Å². The van der Waals surface area contributed by atoms with E-state index in [0.29, 0.717) is 0 Å². The van der Waals surface area contributed by atoms with Gasteiger partial charge < -0.3 is 10.1 Å². The predicted octanol–water partition coefficient (Wildman–Crippen LogP) is 2.24. The molecule has 0 radical (unpaired) electrons. The summed E-state index contributed by atoms with van der Waals surface area (Å²) in [5, 5.41) is 10.4. The van der Waals surface area contributed by atoms with E-state index in [9.17, 15) is 0 Å². The van der Waals surface area contributed by atoms with Crippen LogP contribution in [0.2, 0.25) is 0 Å². The molecule has 0 saturated heterocycles. The van der Waals surface area contributed by atoms with Gasteiger partial charge in [0.15, 0.2) is 0 Å². The first kappa shape index (κ1) is 12.6. The van der Waals surface area contributed by atoms with E-state index in [1.54, 1.807) is 7.11 Å². The largest absolute Gasteiger partial charge is 0.497 e. The number of aryl methyl sites for hydroxylation is 1. The van der Waals surface area contributed by atoms with Gasteiger partial charge in [-0.1, -0.05) is 12.1 Å². The van der Waals surface area contributed by atoms with Crippen molar-refractivity contribution in [2.45, 2.75) is 12.8 Å². The fourth-order valence-corrected chi connectivity index (χ4v) is 1.96. The number of nitrogens with one attached hydrogen (secondary N) is 2. The Kier molecular flexibility index (Phi) is 4.36. The molecule has 1 heterocycles. The lowest BCUT2D eigenvalue weighted by Crippen LogP contribution is -2.08. The van der Waals surface area contributed by atoms with E-state index >= 15 is 0 Å². The number of H-pyrrole nitrogens is 1. The minimum atomic E-state index is 0.874. The van der Waals surface area contributed by atoms with Crippen LogP contribution in [0.15, 0.2) is 30.5 Å². The SMILES string of the molecule is CNCCCc1[nH]ncc1-c1ccc(OC)cc1. The number of methoxy groups -OCH3 is 1. The maximum atomic E-state index is 5.16. The summed E-state index contributed by atoms with van der Waals surface area (Å²) in [6.07, 6.45) is 3.99. The minimum Gasteiger partial charge on any atom is -0.497 e. The van der Waals surface area contributed by atoms with Crippen LogP contribution >= 0.6 is 0 Å². The standard InChI is InChI=1S/C14H19N3O/c1-15-9-3-4-14-13(10-16-17-14)11-5-7-12(18-2)8-6-11/h5-8,10,15H,3-4,9H2,1-2H3,(H,16,17). The molecular weight excluding hydrogens is 226 g/mol. The number of benzene rings is 1. The lowest BCUT2D eigenvalue weighted by atomic mass is 10.0. The molecule has 0 unspecified atom stereocenters. The highest BCUT2D eigenvalue weighted by Gasteiger charge is 2.07. The second kappa shape index (κ2) is 6.21. The Bertz CT molecular complexity index is 476. The molecule has 0 amide bonds. The van der Waals surface area contributed by atoms with Gasteiger partial charge in [0.25, 0.3) is 0 Å². The Balaban J connectivity index is 2.14. The first-order valence-electron chi connectivity index (χ1n) is 6.16. The van der Waals surface area contributed by atoms with Gasteiger partial charge in [-0.25, -0.2) is 0 Å². The first-order chi connectivity index (χ1) is 8.85. The lowest BCUT2D eigenvalue weighted by Gasteiger charge is -2.05. The number of aromatic nitrogens is 2. The van der Waals surface area contributed by atoms with Gasteiger partial charge in [0.2, 0.25) is 0 Å². The third kappa shape index (κ3) is 2.90. The molecule has 0 bridgehead atoms. The summed E-state index contributed by atoms with van der Waals surface area (Å²) in [5.74, 6) is 0.874. The summed E-state index contributed by atoms with van der Waals surface area (Å²) in [6, 6.07) is 8.07. The topological polar surface area (TPSA) is 49.9 Å². The van der Waals surface area contributed by atoms with Crippen molar-refractivity contribution < 1.29 is 4.74 Å². The van der Waals surface area contributed by atoms with E-state index in [4.69, 9.17) is 4.74 Å². The molecule has 4 nitrogen and oxygen atoms in total. The summed E-state index contributed by atoms with van der Waals surface area (Å²) in [4.78, 5) is 0. The summed E-state index contributed by atoms with van der Waals surface area (Å²) in [7, 11) is 3.65. The molecule has 96 valence electrons. The van der Waals surface area contributed by atoms with Crippen LogP contribution in [-0.4, -0.2) is 30.9 Å². The Hall–Kier alpha value is -1.81. The van der Waals surface area contributed by atoms with Crippen molar-refractivity contribution in [1.29, 1.82) is 0 Å². The molecule has 4 heteroatoms. The maximum absolute atomic E-state index is 5.16. The molecule has 18 heavy (non-hydrogen) atoms. The van der Waals surface area contributed by atoms with Crippen LogP contribution in [0.25, 0.3) is 11.1 Å². The zero-order valence-electron chi connectivity index (χ0n) is 10.9. The number of aromatic amines is 1. The second-order valence-electron chi connectivity index (χ2n) is 4.20. The third-order valence-corrected chi connectivity index (χ3v) is 2.97. The zero-order valence-corrected chi connectivity index (χ0v) is 10.9. The molecule has 0 saturated carbocycles. The highest BCUT2D eigenvalue weighted by atomic mass is 16.5. The van der Waals surface area contributed by atoms with Crippen molar-refractivity contribution in [3.05, 3.63) is 36.2 Å². The van der Waals surface area contributed by atoms with Gasteiger partial charge in [-0.15, -0.1) is 0 Å². The third-order valence-electron chi connectivity index (χ3n) is 2.97. The average Bonchev–Trinajstić information content (AvgIpc) is 2.88. The Morgan fingerprint density at radius 2 is 2.06 bits per heavy atom. The summed E-state index contributed by atoms with van der Waals surface area (Å²) in [5.41, 5.74) is 3.54. The van der Waals surface area contributed by atoms with Gasteiger partial charge in [-0.05, 0) is 44.1 Å². The fourth-order valence-electron chi connectivity index (χ4n) is 1.96. The molecule has 2 aromatic rings. The summed E-state index contributed by atoms with van der Waals surface area (Å²) in [6.45, 7) is 1.01. The molecule has 0 aliphatic carbocycles. The molecule has 0 aliphatic rings. The Labute approximate surface area is 107 Å². The minimum absolute atomic E-state index is 0.874. The number of ether oxygens (including phenoxy) is 1. The van der Waals surface area contributed by atoms with Crippen LogP contribution in [-0.2, 0) is 6.42 Å². The van der Waals surface area contributed by atoms with Crippen molar-refractivity contribution in [1.82, 2.24) is 15.5 Å². The summed E-state index contributed by atoms with van der Waals surface area (Å²) < 4.78 is 5.16. The van der Waals surface area contributed by atoms with Crippen molar-refractivity contribution in [3.8, 4) is 16.9 Å². The summed E-state index contributed by atoms with van der Waals surface area (Å²) >= 11 is 0. The molecule has 2 N–H and O–H groups in total. The van der Waals surface area contributed by atoms with Gasteiger partial charge >= 0.3 is 0 Å². The van der Waals surface area contributed by atoms with Gasteiger partial charge in [0.05, 0.1) is 13.3 Å². The van der Waals surface area contributed by atoms with Gasteiger partial charge in [-0.2, -0.15) is 5.10 Å².